The molecule has 0 spiro atoms. The van der Waals surface area contributed by atoms with E-state index in [4.69, 9.17) is 4.98 Å². The first-order chi connectivity index (χ1) is 10.2. The minimum atomic E-state index is 0.312. The highest BCUT2D eigenvalue weighted by Gasteiger charge is 2.28. The number of nitrogens with one attached hydrogen (secondary N) is 1. The van der Waals surface area contributed by atoms with Gasteiger partial charge in [0.25, 0.3) is 0 Å². The molecule has 1 aliphatic carbocycles. The van der Waals surface area contributed by atoms with E-state index in [0.29, 0.717) is 5.92 Å². The van der Waals surface area contributed by atoms with Crippen LogP contribution in [0.1, 0.15) is 54.5 Å². The first-order valence-electron chi connectivity index (χ1n) is 7.79. The Balaban J connectivity index is 2.08. The number of anilines is 1. The minimum absolute atomic E-state index is 0.312. The van der Waals surface area contributed by atoms with Crippen molar-refractivity contribution in [1.29, 1.82) is 0 Å². The third kappa shape index (κ3) is 2.50. The number of fused-ring (bicyclic) bond motifs is 1. The number of nitrogens with zero attached hydrogens (tertiary/aromatic N) is 3. The summed E-state index contributed by atoms with van der Waals surface area (Å²) >= 11 is 0. The van der Waals surface area contributed by atoms with Gasteiger partial charge in [0, 0.05) is 30.6 Å². The highest BCUT2D eigenvalue weighted by atomic mass is 15.0. The second-order valence-corrected chi connectivity index (χ2v) is 5.52. The van der Waals surface area contributed by atoms with Gasteiger partial charge in [-0.2, -0.15) is 0 Å². The lowest BCUT2D eigenvalue weighted by molar-refractivity contribution is 0.722. The van der Waals surface area contributed by atoms with E-state index < -0.39 is 0 Å². The van der Waals surface area contributed by atoms with Gasteiger partial charge in [0.15, 0.2) is 0 Å². The molecule has 1 aliphatic rings. The van der Waals surface area contributed by atoms with Gasteiger partial charge < -0.3 is 5.32 Å². The molecular weight excluding hydrogens is 260 g/mol. The van der Waals surface area contributed by atoms with E-state index in [0.717, 1.165) is 48.7 Å². The molecule has 1 N–H and O–H groups in total. The molecule has 21 heavy (non-hydrogen) atoms. The van der Waals surface area contributed by atoms with Gasteiger partial charge in [-0.1, -0.05) is 13.0 Å². The van der Waals surface area contributed by atoms with Crippen LogP contribution in [0.3, 0.4) is 0 Å². The third-order valence-corrected chi connectivity index (χ3v) is 4.18. The highest BCUT2D eigenvalue weighted by molar-refractivity contribution is 5.49. The van der Waals surface area contributed by atoms with Gasteiger partial charge in [-0.05, 0) is 38.3 Å². The van der Waals surface area contributed by atoms with Crippen molar-refractivity contribution in [3.63, 3.8) is 0 Å². The zero-order valence-electron chi connectivity index (χ0n) is 13.0. The fourth-order valence-electron chi connectivity index (χ4n) is 3.10. The second-order valence-electron chi connectivity index (χ2n) is 5.52. The van der Waals surface area contributed by atoms with Crippen LogP contribution in [0, 0.1) is 6.92 Å². The first kappa shape index (κ1) is 14.0. The van der Waals surface area contributed by atoms with Crippen molar-refractivity contribution in [2.24, 2.45) is 0 Å². The van der Waals surface area contributed by atoms with E-state index in [1.165, 1.54) is 11.3 Å². The molecule has 1 unspecified atom stereocenters. The number of hydrogen-bond acceptors (Lipinski definition) is 4. The summed E-state index contributed by atoms with van der Waals surface area (Å²) in [4.78, 5) is 14.1. The van der Waals surface area contributed by atoms with Gasteiger partial charge in [0.2, 0.25) is 0 Å². The summed E-state index contributed by atoms with van der Waals surface area (Å²) in [6, 6.07) is 4.21. The van der Waals surface area contributed by atoms with E-state index >= 15 is 0 Å². The van der Waals surface area contributed by atoms with Gasteiger partial charge in [0.05, 0.1) is 11.4 Å². The lowest BCUT2D eigenvalue weighted by atomic mass is 9.98. The quantitative estimate of drug-likeness (QED) is 0.935. The first-order valence-corrected chi connectivity index (χ1v) is 7.79. The molecule has 4 heteroatoms. The van der Waals surface area contributed by atoms with Gasteiger partial charge in [-0.25, -0.2) is 9.97 Å². The largest absolute Gasteiger partial charge is 0.370 e. The average Bonchev–Trinajstić information content (AvgIpc) is 2.93. The van der Waals surface area contributed by atoms with Crippen molar-refractivity contribution in [1.82, 2.24) is 15.0 Å². The summed E-state index contributed by atoms with van der Waals surface area (Å²) in [6.45, 7) is 7.19. The Morgan fingerprint density at radius 1 is 1.24 bits per heavy atom. The van der Waals surface area contributed by atoms with Crippen molar-refractivity contribution >= 4 is 5.82 Å². The van der Waals surface area contributed by atoms with Crippen molar-refractivity contribution < 1.29 is 0 Å². The van der Waals surface area contributed by atoms with Gasteiger partial charge in [0.1, 0.15) is 11.6 Å². The lowest BCUT2D eigenvalue weighted by Gasteiger charge is -2.17. The molecule has 0 aromatic carbocycles. The van der Waals surface area contributed by atoms with Gasteiger partial charge in [-0.3, -0.25) is 4.98 Å². The van der Waals surface area contributed by atoms with E-state index in [1.54, 1.807) is 0 Å². The molecule has 2 heterocycles. The number of aryl methyl sites for hydroxylation is 2. The van der Waals surface area contributed by atoms with Crippen LogP contribution in [-0.2, 0) is 12.8 Å². The van der Waals surface area contributed by atoms with Gasteiger partial charge in [-0.15, -0.1) is 0 Å². The molecule has 4 nitrogen and oxygen atoms in total. The molecule has 0 bridgehead atoms. The number of aromatic nitrogens is 3. The molecule has 1 atom stereocenters. The third-order valence-electron chi connectivity index (χ3n) is 4.18. The van der Waals surface area contributed by atoms with E-state index in [1.807, 2.05) is 12.3 Å². The van der Waals surface area contributed by atoms with Crippen molar-refractivity contribution in [3.05, 3.63) is 46.7 Å². The zero-order chi connectivity index (χ0) is 14.8. The Morgan fingerprint density at radius 3 is 2.86 bits per heavy atom. The van der Waals surface area contributed by atoms with Crippen molar-refractivity contribution in [2.75, 3.05) is 11.9 Å². The maximum atomic E-state index is 4.82. The predicted molar refractivity (Wildman–Crippen MR) is 84.7 cm³/mol. The Hall–Kier alpha value is -1.97. The molecule has 3 rings (SSSR count). The summed E-state index contributed by atoms with van der Waals surface area (Å²) in [7, 11) is 0. The Kier molecular flexibility index (Phi) is 3.86. The standard InChI is InChI=1S/C17H22N4/c1-4-14-20-15(11(3)17(21-14)18-5-2)13-9-8-12-7-6-10-19-16(12)13/h6-7,10,13H,4-5,8-9H2,1-3H3,(H,18,20,21). The maximum absolute atomic E-state index is 4.82. The molecule has 2 aromatic rings. The molecule has 110 valence electrons. The molecule has 0 saturated carbocycles. The van der Waals surface area contributed by atoms with Crippen LogP contribution in [0.25, 0.3) is 0 Å². The molecule has 0 saturated heterocycles. The Bertz CT molecular complexity index is 651. The number of rotatable bonds is 4. The van der Waals surface area contributed by atoms with E-state index in [9.17, 15) is 0 Å². The second kappa shape index (κ2) is 5.80. The lowest BCUT2D eigenvalue weighted by Crippen LogP contribution is -2.12. The minimum Gasteiger partial charge on any atom is -0.370 e. The van der Waals surface area contributed by atoms with Crippen LogP contribution >= 0.6 is 0 Å². The van der Waals surface area contributed by atoms with Crippen LogP contribution < -0.4 is 5.32 Å². The van der Waals surface area contributed by atoms with E-state index in [-0.39, 0.29) is 0 Å². The van der Waals surface area contributed by atoms with Gasteiger partial charge >= 0.3 is 0 Å². The monoisotopic (exact) mass is 282 g/mol. The number of hydrogen-bond donors (Lipinski definition) is 1. The summed E-state index contributed by atoms with van der Waals surface area (Å²) in [5, 5.41) is 3.37. The zero-order valence-corrected chi connectivity index (χ0v) is 13.0. The normalized spacial score (nSPS) is 16.8. The molecular formula is C17H22N4. The van der Waals surface area contributed by atoms with Crippen LogP contribution in [0.4, 0.5) is 5.82 Å². The van der Waals surface area contributed by atoms with Crippen molar-refractivity contribution in [2.45, 2.75) is 46.0 Å². The molecule has 0 aliphatic heterocycles. The molecule has 0 fully saturated rings. The Labute approximate surface area is 126 Å². The maximum Gasteiger partial charge on any atom is 0.132 e. The topological polar surface area (TPSA) is 50.7 Å². The van der Waals surface area contributed by atoms with Crippen LogP contribution in [-0.4, -0.2) is 21.5 Å². The summed E-state index contributed by atoms with van der Waals surface area (Å²) in [6.07, 6.45) is 4.93. The average molecular weight is 282 g/mol. The van der Waals surface area contributed by atoms with Crippen molar-refractivity contribution in [3.8, 4) is 0 Å². The highest BCUT2D eigenvalue weighted by Crippen LogP contribution is 2.38. The predicted octanol–water partition coefficient (Wildman–Crippen LogP) is 3.25. The van der Waals surface area contributed by atoms with Crippen LogP contribution in [0.5, 0.6) is 0 Å². The number of pyridine rings is 1. The molecule has 0 radical (unpaired) electrons. The fraction of sp³-hybridized carbons (Fsp3) is 0.471. The Morgan fingerprint density at radius 2 is 2.10 bits per heavy atom. The summed E-state index contributed by atoms with van der Waals surface area (Å²) in [5.74, 6) is 2.20. The fourth-order valence-corrected chi connectivity index (χ4v) is 3.10. The molecule has 2 aromatic heterocycles. The SMILES string of the molecule is CCNc1nc(CC)nc(C2CCc3cccnc32)c1C. The summed E-state index contributed by atoms with van der Waals surface area (Å²) in [5.41, 5.74) is 4.88. The van der Waals surface area contributed by atoms with Crippen LogP contribution in [0.2, 0.25) is 0 Å². The smallest absolute Gasteiger partial charge is 0.132 e. The van der Waals surface area contributed by atoms with E-state index in [2.05, 4.69) is 42.1 Å². The summed E-state index contributed by atoms with van der Waals surface area (Å²) < 4.78 is 0. The molecule has 0 amide bonds. The van der Waals surface area contributed by atoms with Crippen LogP contribution in [0.15, 0.2) is 18.3 Å².